The molecule has 0 aliphatic rings. The molecular formula is C21H22N2O3. The van der Waals surface area contributed by atoms with Gasteiger partial charge in [0.2, 0.25) is 0 Å². The zero-order chi connectivity index (χ0) is 18.8. The van der Waals surface area contributed by atoms with E-state index in [2.05, 4.69) is 5.32 Å². The summed E-state index contributed by atoms with van der Waals surface area (Å²) in [5, 5.41) is 13.9. The molecular weight excluding hydrogens is 328 g/mol. The van der Waals surface area contributed by atoms with E-state index in [-0.39, 0.29) is 11.3 Å². The maximum absolute atomic E-state index is 12.9. The number of aryl methyl sites for hydroxylation is 3. The lowest BCUT2D eigenvalue weighted by molar-refractivity contribution is 0.102. The highest BCUT2D eigenvalue weighted by Crippen LogP contribution is 2.28. The number of nitrogens with zero attached hydrogens (tertiary/aromatic N) is 1. The molecule has 3 rings (SSSR count). The van der Waals surface area contributed by atoms with Crippen LogP contribution in [0, 0.1) is 13.8 Å². The minimum absolute atomic E-state index is 0.222. The number of amides is 1. The maximum Gasteiger partial charge on any atom is 0.267 e. The second-order valence-electron chi connectivity index (χ2n) is 6.42. The third kappa shape index (κ3) is 2.96. The number of rotatable bonds is 4. The van der Waals surface area contributed by atoms with E-state index in [9.17, 15) is 14.7 Å². The van der Waals surface area contributed by atoms with E-state index in [0.717, 1.165) is 17.5 Å². The first-order chi connectivity index (χ1) is 12.5. The summed E-state index contributed by atoms with van der Waals surface area (Å²) in [6.07, 6.45) is 0.743. The number of anilines is 1. The number of benzene rings is 2. The Labute approximate surface area is 151 Å². The second-order valence-corrected chi connectivity index (χ2v) is 6.42. The van der Waals surface area contributed by atoms with Crippen molar-refractivity contribution in [2.45, 2.75) is 33.7 Å². The third-order valence-electron chi connectivity index (χ3n) is 4.54. The Morgan fingerprint density at radius 3 is 2.38 bits per heavy atom. The molecule has 5 nitrogen and oxygen atoms in total. The standard InChI is InChI=1S/C21H22N2O3/c1-4-12-23-16-11-6-5-10-15(16)19(24)17(21(23)26)20(25)22-18-13(2)8-7-9-14(18)3/h5-11,24H,4,12H2,1-3H3,(H,22,25). The normalized spacial score (nSPS) is 10.9. The highest BCUT2D eigenvalue weighted by Gasteiger charge is 2.22. The molecule has 0 radical (unpaired) electrons. The first kappa shape index (κ1) is 17.7. The molecule has 26 heavy (non-hydrogen) atoms. The van der Waals surface area contributed by atoms with Crippen molar-refractivity contribution in [3.8, 4) is 5.75 Å². The molecule has 0 bridgehead atoms. The van der Waals surface area contributed by atoms with Gasteiger partial charge >= 0.3 is 0 Å². The highest BCUT2D eigenvalue weighted by molar-refractivity contribution is 6.09. The van der Waals surface area contributed by atoms with Gasteiger partial charge in [0.1, 0.15) is 11.3 Å². The summed E-state index contributed by atoms with van der Waals surface area (Å²) in [6.45, 7) is 6.21. The Kier molecular flexibility index (Phi) is 4.80. The van der Waals surface area contributed by atoms with Crippen molar-refractivity contribution < 1.29 is 9.90 Å². The summed E-state index contributed by atoms with van der Waals surface area (Å²) >= 11 is 0. The molecule has 2 N–H and O–H groups in total. The third-order valence-corrected chi connectivity index (χ3v) is 4.54. The fourth-order valence-corrected chi connectivity index (χ4v) is 3.23. The van der Waals surface area contributed by atoms with Crippen molar-refractivity contribution >= 4 is 22.5 Å². The molecule has 0 saturated carbocycles. The fraction of sp³-hybridized carbons (Fsp3) is 0.238. The van der Waals surface area contributed by atoms with Gasteiger partial charge in [-0.25, -0.2) is 0 Å². The van der Waals surface area contributed by atoms with Gasteiger partial charge in [-0.15, -0.1) is 0 Å². The Bertz CT molecular complexity index is 1030. The summed E-state index contributed by atoms with van der Waals surface area (Å²) in [6, 6.07) is 12.8. The molecule has 134 valence electrons. The maximum atomic E-state index is 12.9. The molecule has 1 amide bonds. The number of nitrogens with one attached hydrogen (secondary N) is 1. The van der Waals surface area contributed by atoms with Gasteiger partial charge in [0.15, 0.2) is 0 Å². The Balaban J connectivity index is 2.18. The van der Waals surface area contributed by atoms with Crippen LogP contribution in [0.25, 0.3) is 10.9 Å². The first-order valence-corrected chi connectivity index (χ1v) is 8.67. The van der Waals surface area contributed by atoms with Gasteiger partial charge in [0.05, 0.1) is 5.52 Å². The molecule has 3 aromatic rings. The van der Waals surface area contributed by atoms with Crippen LogP contribution < -0.4 is 10.9 Å². The Hall–Kier alpha value is -3.08. The second kappa shape index (κ2) is 7.04. The topological polar surface area (TPSA) is 71.3 Å². The molecule has 0 spiro atoms. The van der Waals surface area contributed by atoms with Crippen LogP contribution >= 0.6 is 0 Å². The van der Waals surface area contributed by atoms with Gasteiger partial charge in [-0.1, -0.05) is 37.3 Å². The van der Waals surface area contributed by atoms with Gasteiger partial charge in [0.25, 0.3) is 11.5 Å². The number of aromatic nitrogens is 1. The number of carbonyl (C=O) groups is 1. The number of pyridine rings is 1. The Morgan fingerprint density at radius 1 is 1.08 bits per heavy atom. The van der Waals surface area contributed by atoms with Gasteiger partial charge in [0, 0.05) is 17.6 Å². The zero-order valence-corrected chi connectivity index (χ0v) is 15.2. The van der Waals surface area contributed by atoms with E-state index in [0.29, 0.717) is 23.1 Å². The molecule has 1 heterocycles. The van der Waals surface area contributed by atoms with Gasteiger partial charge in [-0.2, -0.15) is 0 Å². The average molecular weight is 350 g/mol. The number of hydrogen-bond donors (Lipinski definition) is 2. The summed E-state index contributed by atoms with van der Waals surface area (Å²) < 4.78 is 1.55. The lowest BCUT2D eigenvalue weighted by Crippen LogP contribution is -2.30. The van der Waals surface area contributed by atoms with Crippen LogP contribution in [0.5, 0.6) is 5.75 Å². The molecule has 0 unspecified atom stereocenters. The highest BCUT2D eigenvalue weighted by atomic mass is 16.3. The fourth-order valence-electron chi connectivity index (χ4n) is 3.23. The van der Waals surface area contributed by atoms with Gasteiger partial charge < -0.3 is 15.0 Å². The lowest BCUT2D eigenvalue weighted by Gasteiger charge is -2.16. The van der Waals surface area contributed by atoms with Gasteiger partial charge in [-0.3, -0.25) is 9.59 Å². The van der Waals surface area contributed by atoms with Crippen molar-refractivity contribution in [2.75, 3.05) is 5.32 Å². The molecule has 0 fully saturated rings. The van der Waals surface area contributed by atoms with Crippen LogP contribution in [-0.4, -0.2) is 15.6 Å². The van der Waals surface area contributed by atoms with Crippen molar-refractivity contribution in [1.29, 1.82) is 0 Å². The number of carbonyl (C=O) groups excluding carboxylic acids is 1. The van der Waals surface area contributed by atoms with E-state index >= 15 is 0 Å². The number of para-hydroxylation sites is 2. The summed E-state index contributed by atoms with van der Waals surface area (Å²) in [7, 11) is 0. The van der Waals surface area contributed by atoms with Crippen molar-refractivity contribution in [1.82, 2.24) is 4.57 Å². The van der Waals surface area contributed by atoms with Crippen LogP contribution in [0.4, 0.5) is 5.69 Å². The van der Waals surface area contributed by atoms with E-state index in [1.807, 2.05) is 45.0 Å². The first-order valence-electron chi connectivity index (χ1n) is 8.67. The van der Waals surface area contributed by atoms with Crippen LogP contribution in [0.3, 0.4) is 0 Å². The minimum Gasteiger partial charge on any atom is -0.506 e. The number of fused-ring (bicyclic) bond motifs is 1. The van der Waals surface area contributed by atoms with Crippen LogP contribution in [0.2, 0.25) is 0 Å². The van der Waals surface area contributed by atoms with Crippen LogP contribution in [0.15, 0.2) is 47.3 Å². The molecule has 0 aliphatic carbocycles. The lowest BCUT2D eigenvalue weighted by atomic mass is 10.1. The van der Waals surface area contributed by atoms with Crippen LogP contribution in [-0.2, 0) is 6.54 Å². The zero-order valence-electron chi connectivity index (χ0n) is 15.2. The quantitative estimate of drug-likeness (QED) is 0.747. The van der Waals surface area contributed by atoms with Gasteiger partial charge in [-0.05, 0) is 43.5 Å². The van der Waals surface area contributed by atoms with E-state index in [1.165, 1.54) is 0 Å². The molecule has 2 aromatic carbocycles. The minimum atomic E-state index is -0.597. The average Bonchev–Trinajstić information content (AvgIpc) is 2.62. The molecule has 0 saturated heterocycles. The molecule has 1 aromatic heterocycles. The summed E-state index contributed by atoms with van der Waals surface area (Å²) in [4.78, 5) is 25.8. The molecule has 0 atom stereocenters. The summed E-state index contributed by atoms with van der Waals surface area (Å²) in [5.74, 6) is -0.873. The SMILES string of the molecule is CCCn1c(=O)c(C(=O)Nc2c(C)cccc2C)c(O)c2ccccc21. The smallest absolute Gasteiger partial charge is 0.267 e. The number of hydrogen-bond acceptors (Lipinski definition) is 3. The largest absolute Gasteiger partial charge is 0.506 e. The monoisotopic (exact) mass is 350 g/mol. The predicted octanol–water partition coefficient (Wildman–Crippen LogP) is 3.99. The predicted molar refractivity (Wildman–Crippen MR) is 104 cm³/mol. The van der Waals surface area contributed by atoms with Crippen LogP contribution in [0.1, 0.15) is 34.8 Å². The Morgan fingerprint density at radius 2 is 1.73 bits per heavy atom. The van der Waals surface area contributed by atoms with E-state index in [4.69, 9.17) is 0 Å². The summed E-state index contributed by atoms with van der Waals surface area (Å²) in [5.41, 5.74) is 2.37. The van der Waals surface area contributed by atoms with E-state index < -0.39 is 11.5 Å². The number of aromatic hydroxyl groups is 1. The van der Waals surface area contributed by atoms with Crippen molar-refractivity contribution in [2.24, 2.45) is 0 Å². The van der Waals surface area contributed by atoms with Crippen molar-refractivity contribution in [3.63, 3.8) is 0 Å². The molecule has 5 heteroatoms. The van der Waals surface area contributed by atoms with E-state index in [1.54, 1.807) is 22.8 Å². The van der Waals surface area contributed by atoms with Crippen molar-refractivity contribution in [3.05, 3.63) is 69.5 Å². The molecule has 0 aliphatic heterocycles.